The van der Waals surface area contributed by atoms with Gasteiger partial charge in [-0.3, -0.25) is 4.79 Å². The summed E-state index contributed by atoms with van der Waals surface area (Å²) in [7, 11) is 0. The molecule has 8 aliphatic carbocycles. The summed E-state index contributed by atoms with van der Waals surface area (Å²) in [4.78, 5) is 13.2. The van der Waals surface area contributed by atoms with Gasteiger partial charge in [-0.1, -0.05) is 74.0 Å². The average Bonchev–Trinajstić information content (AvgIpc) is 3.88. The molecule has 0 N–H and O–H groups in total. The third-order valence-electron chi connectivity index (χ3n) is 17.7. The normalized spacial score (nSPS) is 27.2. The van der Waals surface area contributed by atoms with E-state index in [1.165, 1.54) is 16.2 Å². The van der Waals surface area contributed by atoms with Gasteiger partial charge >= 0.3 is 5.97 Å². The van der Waals surface area contributed by atoms with Gasteiger partial charge in [-0.25, -0.2) is 0 Å². The highest BCUT2D eigenvalue weighted by Gasteiger charge is 2.80. The number of allylic oxidation sites excluding steroid dienone is 2. The highest BCUT2D eigenvalue weighted by Crippen LogP contribution is 2.84. The Hall–Kier alpha value is -5.47. The Morgan fingerprint density at radius 1 is 0.768 bits per heavy atom. The Morgan fingerprint density at radius 2 is 1.52 bits per heavy atom. The summed E-state index contributed by atoms with van der Waals surface area (Å²) >= 11 is 0. The second-order valence-corrected chi connectivity index (χ2v) is 20.1. The van der Waals surface area contributed by atoms with E-state index in [1.54, 1.807) is 136 Å². The molecule has 0 heterocycles. The maximum atomic E-state index is 13.2. The number of hydrogen-bond donors (Lipinski definition) is 0. The van der Waals surface area contributed by atoms with E-state index >= 15 is 0 Å². The molecule has 0 radical (unpaired) electrons. The van der Waals surface area contributed by atoms with Crippen molar-refractivity contribution in [1.82, 2.24) is 0 Å². The molecule has 0 aliphatic heterocycles. The highest BCUT2D eigenvalue weighted by molar-refractivity contribution is 6.58. The SMILES string of the molecule is CC(C)COC(=O)CCCC1(c2ccccc2)C2C3=CC4Cc5cc6c7c8c5C4c4c3c3c5c9c(cc%10cc%11c%12c(c7c7c8c4c3c3c9c%10c%12c73)=C(C%11)C6)=CC521. The van der Waals surface area contributed by atoms with Crippen molar-refractivity contribution < 1.29 is 9.53 Å². The summed E-state index contributed by atoms with van der Waals surface area (Å²) < 4.78 is 5.78. The lowest BCUT2D eigenvalue weighted by molar-refractivity contribution is -0.144. The summed E-state index contributed by atoms with van der Waals surface area (Å²) in [5.41, 5.74) is 16.1. The number of fused-ring (bicyclic) bond motifs is 1. The summed E-state index contributed by atoms with van der Waals surface area (Å²) in [6.07, 6.45) is 11.3. The Bertz CT molecular complexity index is 3880. The minimum Gasteiger partial charge on any atom is -0.465 e. The zero-order valence-electron chi connectivity index (χ0n) is 31.3. The molecule has 5 atom stereocenters. The van der Waals surface area contributed by atoms with Gasteiger partial charge in [-0.05, 0) is 197 Å². The van der Waals surface area contributed by atoms with E-state index in [4.69, 9.17) is 4.74 Å². The standard InChI is InChI=1S/C54H34O2/c1-20(2)19-56-30(55)9-6-10-53(28-7-4-3-5-8-28)52-29-17-26-15-23-13-24-12-21-11-22-14-25-16-27-18-54(52,53)51-37(27)42-36(25)41-32(22)31(21)39-35(24)40-33(23)34(26)43-38(29)50(51)49-47(42)45(41)44(39)46(40)48(43)49/h3-5,7-8,13-14,16-18,20,26,34,52H,6,9-12,15,19H2,1-2H3. The van der Waals surface area contributed by atoms with Gasteiger partial charge in [-0.2, -0.15) is 0 Å². The fourth-order valence-corrected chi connectivity index (χ4v) is 16.7. The van der Waals surface area contributed by atoms with Gasteiger partial charge in [0, 0.05) is 29.1 Å². The van der Waals surface area contributed by atoms with Crippen LogP contribution in [-0.4, -0.2) is 12.6 Å². The second kappa shape index (κ2) is 7.64. The number of carbonyl (C=O) groups is 1. The van der Waals surface area contributed by atoms with E-state index in [1.807, 2.05) is 0 Å². The van der Waals surface area contributed by atoms with Crippen molar-refractivity contribution in [3.8, 4) is 0 Å². The molecule has 0 aromatic heterocycles. The lowest BCUT2D eigenvalue weighted by atomic mass is 9.70. The van der Waals surface area contributed by atoms with Crippen molar-refractivity contribution in [3.05, 3.63) is 110 Å². The van der Waals surface area contributed by atoms with Gasteiger partial charge in [0.25, 0.3) is 0 Å². The van der Waals surface area contributed by atoms with Crippen LogP contribution >= 0.6 is 0 Å². The quantitative estimate of drug-likeness (QED) is 0.121. The lowest BCUT2D eigenvalue weighted by Crippen LogP contribution is -2.21. The van der Waals surface area contributed by atoms with Crippen LogP contribution in [-0.2, 0) is 39.6 Å². The monoisotopic (exact) mass is 714 g/mol. The van der Waals surface area contributed by atoms with Crippen LogP contribution < -0.4 is 10.4 Å². The molecule has 1 saturated carbocycles. The van der Waals surface area contributed by atoms with Gasteiger partial charge in [0.2, 0.25) is 0 Å². The van der Waals surface area contributed by atoms with E-state index in [-0.39, 0.29) is 16.8 Å². The summed E-state index contributed by atoms with van der Waals surface area (Å²) in [5.74, 6) is 1.62. The fourth-order valence-electron chi connectivity index (χ4n) is 16.7. The summed E-state index contributed by atoms with van der Waals surface area (Å²) in [5, 5.41) is 28.8. The first-order chi connectivity index (χ1) is 27.5. The number of ether oxygens (including phenoxy) is 1. The number of benzene rings is 7. The molecule has 1 spiro atoms. The van der Waals surface area contributed by atoms with Crippen LogP contribution in [0.4, 0.5) is 0 Å². The number of rotatable bonds is 7. The Morgan fingerprint density at radius 3 is 2.38 bits per heavy atom. The third-order valence-corrected chi connectivity index (χ3v) is 17.7. The highest BCUT2D eigenvalue weighted by atomic mass is 16.5. The van der Waals surface area contributed by atoms with Crippen LogP contribution in [0.2, 0.25) is 0 Å². The third kappa shape index (κ3) is 2.21. The largest absolute Gasteiger partial charge is 0.465 e. The van der Waals surface area contributed by atoms with Crippen LogP contribution in [0.15, 0.2) is 54.6 Å². The van der Waals surface area contributed by atoms with Crippen molar-refractivity contribution in [3.63, 3.8) is 0 Å². The molecule has 1 fully saturated rings. The smallest absolute Gasteiger partial charge is 0.305 e. The van der Waals surface area contributed by atoms with Crippen LogP contribution in [0.3, 0.4) is 0 Å². The second-order valence-electron chi connectivity index (χ2n) is 20.1. The summed E-state index contributed by atoms with van der Waals surface area (Å²) in [6.45, 7) is 4.74. The van der Waals surface area contributed by atoms with Crippen LogP contribution in [0.1, 0.15) is 83.5 Å². The minimum absolute atomic E-state index is 0.0426. The molecule has 10 aromatic carbocycles. The fraction of sp³-hybridized carbons (Fsp3) is 0.278. The summed E-state index contributed by atoms with van der Waals surface area (Å²) in [6, 6.07) is 19.6. The predicted octanol–water partition coefficient (Wildman–Crippen LogP) is 10.4. The molecule has 10 aromatic rings. The Balaban J connectivity index is 1.07. The molecule has 56 heavy (non-hydrogen) atoms. The first-order valence-corrected chi connectivity index (χ1v) is 21.5. The van der Waals surface area contributed by atoms with Gasteiger partial charge in [0.1, 0.15) is 0 Å². The maximum Gasteiger partial charge on any atom is 0.305 e. The minimum atomic E-state index is -0.139. The van der Waals surface area contributed by atoms with Gasteiger partial charge in [-0.15, -0.1) is 0 Å². The molecule has 18 rings (SSSR count). The van der Waals surface area contributed by atoms with Gasteiger partial charge in [0.05, 0.1) is 6.61 Å². The molecule has 0 saturated heterocycles. The van der Waals surface area contributed by atoms with E-state index < -0.39 is 0 Å². The molecule has 2 heteroatoms. The molecule has 8 aliphatic rings. The molecular formula is C54H34O2. The van der Waals surface area contributed by atoms with E-state index in [2.05, 4.69) is 74.5 Å². The Labute approximate surface area is 320 Å². The van der Waals surface area contributed by atoms with Gasteiger partial charge in [0.15, 0.2) is 0 Å². The zero-order chi connectivity index (χ0) is 35.8. The zero-order valence-corrected chi connectivity index (χ0v) is 31.3. The van der Waals surface area contributed by atoms with Crippen molar-refractivity contribution in [1.29, 1.82) is 0 Å². The topological polar surface area (TPSA) is 26.3 Å². The van der Waals surface area contributed by atoms with Crippen LogP contribution in [0.5, 0.6) is 0 Å². The number of hydrogen-bond acceptors (Lipinski definition) is 2. The molecule has 0 amide bonds. The van der Waals surface area contributed by atoms with Crippen LogP contribution in [0.25, 0.3) is 103 Å². The first-order valence-electron chi connectivity index (χ1n) is 21.5. The predicted molar refractivity (Wildman–Crippen MR) is 227 cm³/mol. The van der Waals surface area contributed by atoms with Crippen molar-refractivity contribution in [2.45, 2.75) is 69.1 Å². The molecule has 2 nitrogen and oxygen atoms in total. The van der Waals surface area contributed by atoms with Crippen molar-refractivity contribution in [2.75, 3.05) is 6.61 Å². The number of carbonyl (C=O) groups excluding carboxylic acids is 1. The van der Waals surface area contributed by atoms with E-state index in [0.29, 0.717) is 36.7 Å². The van der Waals surface area contributed by atoms with Crippen LogP contribution in [0, 0.1) is 17.8 Å². The average molecular weight is 715 g/mol. The molecule has 0 bridgehead atoms. The van der Waals surface area contributed by atoms with E-state index in [0.717, 1.165) is 32.1 Å². The van der Waals surface area contributed by atoms with E-state index in [9.17, 15) is 4.79 Å². The molecular weight excluding hydrogens is 681 g/mol. The molecule has 262 valence electrons. The molecule has 5 unspecified atom stereocenters. The number of esters is 1. The van der Waals surface area contributed by atoms with Crippen molar-refractivity contribution >= 4 is 109 Å². The van der Waals surface area contributed by atoms with Crippen molar-refractivity contribution in [2.24, 2.45) is 17.8 Å². The first kappa shape index (κ1) is 27.2. The van der Waals surface area contributed by atoms with Gasteiger partial charge < -0.3 is 4.74 Å². The lowest BCUT2D eigenvalue weighted by Gasteiger charge is -2.32. The Kier molecular flexibility index (Phi) is 3.71. The maximum absolute atomic E-state index is 13.2.